The van der Waals surface area contributed by atoms with Crippen molar-refractivity contribution in [3.63, 3.8) is 0 Å². The molecule has 0 radical (unpaired) electrons. The predicted octanol–water partition coefficient (Wildman–Crippen LogP) is 0.296. The zero-order valence-electron chi connectivity index (χ0n) is 8.78. The van der Waals surface area contributed by atoms with Crippen LogP contribution in [-0.4, -0.2) is 23.1 Å². The maximum Gasteiger partial charge on any atom is 2.00 e. The number of rotatable bonds is 5. The predicted molar refractivity (Wildman–Crippen MR) is 53.6 cm³/mol. The largest absolute Gasteiger partial charge is 2.00 e. The van der Waals surface area contributed by atoms with E-state index in [-0.39, 0.29) is 47.0 Å². The Morgan fingerprint density at radius 1 is 1.00 bits per heavy atom. The van der Waals surface area contributed by atoms with Crippen molar-refractivity contribution >= 4 is 23.1 Å². The van der Waals surface area contributed by atoms with E-state index in [1.807, 2.05) is 0 Å². The molecule has 0 N–H and O–H groups in total. The van der Waals surface area contributed by atoms with E-state index < -0.39 is 0 Å². The molecule has 0 rings (SSSR count). The van der Waals surface area contributed by atoms with Crippen LogP contribution in [-0.2, 0) is 0 Å². The van der Waals surface area contributed by atoms with Crippen LogP contribution >= 0.6 is 0 Å². The van der Waals surface area contributed by atoms with Crippen molar-refractivity contribution in [1.82, 2.24) is 0 Å². The van der Waals surface area contributed by atoms with E-state index in [0.717, 1.165) is 18.3 Å². The SMILES string of the molecule is [CH2-]CCC(C)CCC(C)C.[I-].[Mg+2]. The van der Waals surface area contributed by atoms with Gasteiger partial charge in [0.2, 0.25) is 0 Å². The molecule has 0 bridgehead atoms. The molecule has 0 aromatic rings. The summed E-state index contributed by atoms with van der Waals surface area (Å²) in [5.41, 5.74) is 0. The summed E-state index contributed by atoms with van der Waals surface area (Å²) in [7, 11) is 0. The van der Waals surface area contributed by atoms with Crippen molar-refractivity contribution < 1.29 is 24.0 Å². The van der Waals surface area contributed by atoms with E-state index >= 15 is 0 Å². The van der Waals surface area contributed by atoms with Crippen LogP contribution in [0.25, 0.3) is 0 Å². The Labute approximate surface area is 111 Å². The first-order valence-electron chi connectivity index (χ1n) is 4.46. The van der Waals surface area contributed by atoms with E-state index in [1.54, 1.807) is 0 Å². The number of hydrogen-bond acceptors (Lipinski definition) is 0. The second kappa shape index (κ2) is 12.5. The summed E-state index contributed by atoms with van der Waals surface area (Å²) in [6.45, 7) is 10.8. The average Bonchev–Trinajstić information content (AvgIpc) is 1.85. The molecule has 0 spiro atoms. The minimum Gasteiger partial charge on any atom is -1.00 e. The summed E-state index contributed by atoms with van der Waals surface area (Å²) in [6, 6.07) is 0. The molecule has 0 aliphatic carbocycles. The van der Waals surface area contributed by atoms with Crippen molar-refractivity contribution in [2.24, 2.45) is 11.8 Å². The molecule has 0 saturated heterocycles. The second-order valence-electron chi connectivity index (χ2n) is 3.72. The van der Waals surface area contributed by atoms with E-state index in [9.17, 15) is 0 Å². The first-order valence-corrected chi connectivity index (χ1v) is 4.46. The summed E-state index contributed by atoms with van der Waals surface area (Å²) in [5, 5.41) is 0. The van der Waals surface area contributed by atoms with Gasteiger partial charge in [0.15, 0.2) is 0 Å². The molecule has 0 amide bonds. The van der Waals surface area contributed by atoms with Crippen LogP contribution in [0.5, 0.6) is 0 Å². The Morgan fingerprint density at radius 2 is 1.50 bits per heavy atom. The fourth-order valence-electron chi connectivity index (χ4n) is 1.11. The van der Waals surface area contributed by atoms with Gasteiger partial charge in [0.1, 0.15) is 0 Å². The molecule has 0 aromatic heterocycles. The molecule has 0 nitrogen and oxygen atoms in total. The Morgan fingerprint density at radius 3 is 1.83 bits per heavy atom. The van der Waals surface area contributed by atoms with Gasteiger partial charge in [0.25, 0.3) is 0 Å². The van der Waals surface area contributed by atoms with Gasteiger partial charge < -0.3 is 30.9 Å². The Kier molecular flexibility index (Phi) is 19.9. The van der Waals surface area contributed by atoms with Crippen molar-refractivity contribution in [1.29, 1.82) is 0 Å². The summed E-state index contributed by atoms with van der Waals surface area (Å²) >= 11 is 0. The standard InChI is InChI=1S/C10H21.HI.Mg/c1-5-6-10(4)8-7-9(2)3;;/h9-10H,1,5-8H2,2-4H3;1H;/q-1;;+2/p-1. The smallest absolute Gasteiger partial charge is 1.00 e. The third-order valence-electron chi connectivity index (χ3n) is 1.93. The summed E-state index contributed by atoms with van der Waals surface area (Å²) in [6.07, 6.45) is 5.15. The molecule has 0 aliphatic rings. The minimum absolute atomic E-state index is 0. The first-order chi connectivity index (χ1) is 4.66. The zero-order valence-corrected chi connectivity index (χ0v) is 12.3. The maximum absolute atomic E-state index is 3.85. The van der Waals surface area contributed by atoms with E-state index in [4.69, 9.17) is 0 Å². The Hall–Kier alpha value is 1.50. The molecular formula is C10H21IMg. The van der Waals surface area contributed by atoms with Crippen LogP contribution in [0, 0.1) is 18.8 Å². The van der Waals surface area contributed by atoms with Crippen molar-refractivity contribution in [3.8, 4) is 0 Å². The van der Waals surface area contributed by atoms with Crippen LogP contribution in [0.15, 0.2) is 0 Å². The molecule has 1 atom stereocenters. The van der Waals surface area contributed by atoms with Gasteiger partial charge in [0, 0.05) is 0 Å². The van der Waals surface area contributed by atoms with Gasteiger partial charge in [-0.05, 0) is 11.8 Å². The van der Waals surface area contributed by atoms with Crippen molar-refractivity contribution in [3.05, 3.63) is 6.92 Å². The molecule has 12 heavy (non-hydrogen) atoms. The van der Waals surface area contributed by atoms with Crippen LogP contribution in [0.3, 0.4) is 0 Å². The van der Waals surface area contributed by atoms with Gasteiger partial charge in [-0.3, -0.25) is 0 Å². The van der Waals surface area contributed by atoms with E-state index in [1.165, 1.54) is 19.3 Å². The average molecular weight is 292 g/mol. The van der Waals surface area contributed by atoms with Crippen molar-refractivity contribution in [2.75, 3.05) is 0 Å². The summed E-state index contributed by atoms with van der Waals surface area (Å²) < 4.78 is 0. The first kappa shape index (κ1) is 19.1. The van der Waals surface area contributed by atoms with Gasteiger partial charge in [-0.1, -0.05) is 40.0 Å². The minimum atomic E-state index is 0. The molecule has 0 saturated carbocycles. The van der Waals surface area contributed by atoms with E-state index in [2.05, 4.69) is 27.7 Å². The molecule has 0 fully saturated rings. The Bertz CT molecular complexity index is 74.2. The van der Waals surface area contributed by atoms with Gasteiger partial charge in [0.05, 0.1) is 0 Å². The maximum atomic E-state index is 3.85. The van der Waals surface area contributed by atoms with Gasteiger partial charge in [-0.25, -0.2) is 0 Å². The van der Waals surface area contributed by atoms with Crippen molar-refractivity contribution in [2.45, 2.75) is 46.5 Å². The number of hydrogen-bond donors (Lipinski definition) is 0. The number of halogens is 1. The van der Waals surface area contributed by atoms with Crippen LogP contribution in [0.4, 0.5) is 0 Å². The van der Waals surface area contributed by atoms with E-state index in [0.29, 0.717) is 0 Å². The topological polar surface area (TPSA) is 0 Å². The van der Waals surface area contributed by atoms with Crippen LogP contribution in [0.1, 0.15) is 46.5 Å². The third kappa shape index (κ3) is 14.0. The molecular weight excluding hydrogens is 271 g/mol. The fourth-order valence-corrected chi connectivity index (χ4v) is 1.11. The third-order valence-corrected chi connectivity index (χ3v) is 1.93. The van der Waals surface area contributed by atoms with Crippen LogP contribution in [0.2, 0.25) is 0 Å². The molecule has 2 heteroatoms. The summed E-state index contributed by atoms with van der Waals surface area (Å²) in [4.78, 5) is 0. The van der Waals surface area contributed by atoms with Crippen LogP contribution < -0.4 is 24.0 Å². The zero-order chi connectivity index (χ0) is 7.98. The van der Waals surface area contributed by atoms with Gasteiger partial charge in [-0.15, -0.1) is 0 Å². The molecule has 1 unspecified atom stereocenters. The van der Waals surface area contributed by atoms with Gasteiger partial charge in [-0.2, -0.15) is 6.42 Å². The second-order valence-corrected chi connectivity index (χ2v) is 3.72. The normalized spacial score (nSPS) is 11.8. The quantitative estimate of drug-likeness (QED) is 0.388. The van der Waals surface area contributed by atoms with Gasteiger partial charge >= 0.3 is 23.1 Å². The Balaban J connectivity index is -0.000000405. The molecule has 0 aliphatic heterocycles. The monoisotopic (exact) mass is 292 g/mol. The molecule has 0 heterocycles. The molecule has 70 valence electrons. The fraction of sp³-hybridized carbons (Fsp3) is 0.900. The summed E-state index contributed by atoms with van der Waals surface area (Å²) in [5.74, 6) is 1.76. The molecule has 0 aromatic carbocycles.